The fourth-order valence-corrected chi connectivity index (χ4v) is 4.63. The molecule has 5 aromatic rings. The number of para-hydroxylation sites is 1. The third-order valence-corrected chi connectivity index (χ3v) is 6.46. The van der Waals surface area contributed by atoms with Crippen LogP contribution in [0.2, 0.25) is 5.02 Å². The van der Waals surface area contributed by atoms with Gasteiger partial charge in [0, 0.05) is 41.3 Å². The first-order chi connectivity index (χ1) is 16.6. The Hall–Kier alpha value is -3.63. The number of nitrogens with one attached hydrogen (secondary N) is 1. The number of hydrogen-bond acceptors (Lipinski definition) is 2. The molecule has 0 radical (unpaired) electrons. The average Bonchev–Trinajstić information content (AvgIpc) is 3.22. The molecule has 2 heterocycles. The molecule has 1 N–H and O–H groups in total. The van der Waals surface area contributed by atoms with Gasteiger partial charge in [0.05, 0.1) is 16.9 Å². The van der Waals surface area contributed by atoms with E-state index >= 15 is 0 Å². The summed E-state index contributed by atoms with van der Waals surface area (Å²) < 4.78 is 0. The van der Waals surface area contributed by atoms with Gasteiger partial charge in [-0.15, -0.1) is 0 Å². The van der Waals surface area contributed by atoms with Crippen LogP contribution in [-0.4, -0.2) is 27.8 Å². The molecule has 3 aromatic carbocycles. The van der Waals surface area contributed by atoms with Crippen LogP contribution in [0.25, 0.3) is 33.2 Å². The lowest BCUT2D eigenvalue weighted by Crippen LogP contribution is -2.25. The molecule has 0 spiro atoms. The summed E-state index contributed by atoms with van der Waals surface area (Å²) in [4.78, 5) is 23.0. The van der Waals surface area contributed by atoms with Gasteiger partial charge in [-0.05, 0) is 54.3 Å². The zero-order valence-corrected chi connectivity index (χ0v) is 19.8. The van der Waals surface area contributed by atoms with E-state index in [9.17, 15) is 4.79 Å². The Kier molecular flexibility index (Phi) is 6.33. The van der Waals surface area contributed by atoms with E-state index in [0.29, 0.717) is 18.0 Å². The van der Waals surface area contributed by atoms with Crippen LogP contribution in [0.4, 0.5) is 0 Å². The van der Waals surface area contributed by atoms with Gasteiger partial charge in [-0.25, -0.2) is 4.98 Å². The standard InChI is InChI=1S/C29H26ClN3O/c1-33(19-20-8-3-2-4-9-20)28(34)13-7-11-23-24-18-22(30)15-17-26(24)32-29(23)27-16-14-21-10-5-6-12-25(21)31-27/h2-6,8-10,12,14-18,32H,7,11,13,19H2,1H3. The molecule has 0 atom stereocenters. The summed E-state index contributed by atoms with van der Waals surface area (Å²) in [6.45, 7) is 0.620. The first-order valence-electron chi connectivity index (χ1n) is 11.5. The number of benzene rings is 3. The van der Waals surface area contributed by atoms with Crippen molar-refractivity contribution in [2.75, 3.05) is 7.05 Å². The number of aromatic nitrogens is 2. The van der Waals surface area contributed by atoms with E-state index < -0.39 is 0 Å². The smallest absolute Gasteiger partial charge is 0.222 e. The highest BCUT2D eigenvalue weighted by Crippen LogP contribution is 2.33. The SMILES string of the molecule is CN(Cc1ccccc1)C(=O)CCCc1c(-c2ccc3ccccc3n2)[nH]c2ccc(Cl)cc12. The van der Waals surface area contributed by atoms with Gasteiger partial charge in [0.2, 0.25) is 5.91 Å². The van der Waals surface area contributed by atoms with Crippen LogP contribution in [-0.2, 0) is 17.8 Å². The van der Waals surface area contributed by atoms with Crippen LogP contribution in [0.1, 0.15) is 24.0 Å². The second-order valence-electron chi connectivity index (χ2n) is 8.65. The number of carbonyl (C=O) groups is 1. The van der Waals surface area contributed by atoms with Crippen molar-refractivity contribution in [2.45, 2.75) is 25.8 Å². The van der Waals surface area contributed by atoms with Crippen molar-refractivity contribution in [3.05, 3.63) is 101 Å². The van der Waals surface area contributed by atoms with Gasteiger partial charge < -0.3 is 9.88 Å². The molecule has 5 rings (SSSR count). The summed E-state index contributed by atoms with van der Waals surface area (Å²) in [6.07, 6.45) is 1.99. The third-order valence-electron chi connectivity index (χ3n) is 6.23. The first kappa shape index (κ1) is 22.2. The van der Waals surface area contributed by atoms with Crippen molar-refractivity contribution in [1.82, 2.24) is 14.9 Å². The summed E-state index contributed by atoms with van der Waals surface area (Å²) >= 11 is 6.34. The van der Waals surface area contributed by atoms with E-state index in [2.05, 4.69) is 23.2 Å². The topological polar surface area (TPSA) is 49.0 Å². The second-order valence-corrected chi connectivity index (χ2v) is 9.08. The van der Waals surface area contributed by atoms with Crippen LogP contribution in [0.15, 0.2) is 84.9 Å². The van der Waals surface area contributed by atoms with Gasteiger partial charge in [-0.3, -0.25) is 4.79 Å². The fourth-order valence-electron chi connectivity index (χ4n) is 4.46. The van der Waals surface area contributed by atoms with Gasteiger partial charge in [-0.2, -0.15) is 0 Å². The Bertz CT molecular complexity index is 1460. The molecule has 0 aliphatic rings. The number of nitrogens with zero attached hydrogens (tertiary/aromatic N) is 2. The predicted molar refractivity (Wildman–Crippen MR) is 140 cm³/mol. The minimum Gasteiger partial charge on any atom is -0.353 e. The molecular formula is C29H26ClN3O. The molecular weight excluding hydrogens is 442 g/mol. The lowest BCUT2D eigenvalue weighted by Gasteiger charge is -2.17. The summed E-state index contributed by atoms with van der Waals surface area (Å²) in [5.41, 5.74) is 6.16. The molecule has 2 aromatic heterocycles. The van der Waals surface area contributed by atoms with Crippen LogP contribution >= 0.6 is 11.6 Å². The van der Waals surface area contributed by atoms with Gasteiger partial charge in [0.1, 0.15) is 0 Å². The molecule has 170 valence electrons. The molecule has 0 fully saturated rings. The molecule has 0 unspecified atom stereocenters. The average molecular weight is 468 g/mol. The second kappa shape index (κ2) is 9.70. The zero-order valence-electron chi connectivity index (χ0n) is 19.1. The van der Waals surface area contributed by atoms with Gasteiger partial charge in [-0.1, -0.05) is 66.2 Å². The fraction of sp³-hybridized carbons (Fsp3) is 0.172. The van der Waals surface area contributed by atoms with Gasteiger partial charge in [0.15, 0.2) is 0 Å². The van der Waals surface area contributed by atoms with Crippen molar-refractivity contribution < 1.29 is 4.79 Å². The van der Waals surface area contributed by atoms with Crippen LogP contribution in [0.5, 0.6) is 0 Å². The largest absolute Gasteiger partial charge is 0.353 e. The number of carbonyl (C=O) groups excluding carboxylic acids is 1. The number of hydrogen-bond donors (Lipinski definition) is 1. The maximum atomic E-state index is 12.8. The van der Waals surface area contributed by atoms with Crippen molar-refractivity contribution in [3.63, 3.8) is 0 Å². The monoisotopic (exact) mass is 467 g/mol. The lowest BCUT2D eigenvalue weighted by atomic mass is 10.0. The Morgan fingerprint density at radius 1 is 0.971 bits per heavy atom. The van der Waals surface area contributed by atoms with E-state index in [0.717, 1.165) is 57.2 Å². The summed E-state index contributed by atoms with van der Waals surface area (Å²) in [5.74, 6) is 0.145. The highest BCUT2D eigenvalue weighted by Gasteiger charge is 2.16. The first-order valence-corrected chi connectivity index (χ1v) is 11.9. The van der Waals surface area contributed by atoms with Crippen molar-refractivity contribution in [2.24, 2.45) is 0 Å². The molecule has 0 aliphatic heterocycles. The van der Waals surface area contributed by atoms with Crippen molar-refractivity contribution >= 4 is 39.3 Å². The maximum absolute atomic E-state index is 12.8. The zero-order chi connectivity index (χ0) is 23.5. The molecule has 4 nitrogen and oxygen atoms in total. The Balaban J connectivity index is 1.38. The summed E-state index contributed by atoms with van der Waals surface area (Å²) in [6, 6.07) is 28.2. The number of aryl methyl sites for hydroxylation is 1. The highest BCUT2D eigenvalue weighted by molar-refractivity contribution is 6.31. The molecule has 1 amide bonds. The third kappa shape index (κ3) is 4.68. The normalized spacial score (nSPS) is 11.2. The number of aromatic amines is 1. The van der Waals surface area contributed by atoms with Crippen molar-refractivity contribution in [3.8, 4) is 11.4 Å². The van der Waals surface area contributed by atoms with Crippen LogP contribution < -0.4 is 0 Å². The number of H-pyrrole nitrogens is 1. The van der Waals surface area contributed by atoms with Gasteiger partial charge >= 0.3 is 0 Å². The number of amides is 1. The van der Waals surface area contributed by atoms with E-state index in [1.165, 1.54) is 0 Å². The van der Waals surface area contributed by atoms with Crippen LogP contribution in [0.3, 0.4) is 0 Å². The number of rotatable bonds is 7. The number of fused-ring (bicyclic) bond motifs is 2. The van der Waals surface area contributed by atoms with E-state index in [-0.39, 0.29) is 5.91 Å². The maximum Gasteiger partial charge on any atom is 0.222 e. The minimum atomic E-state index is 0.145. The van der Waals surface area contributed by atoms with Crippen molar-refractivity contribution in [1.29, 1.82) is 0 Å². The highest BCUT2D eigenvalue weighted by atomic mass is 35.5. The molecule has 0 bridgehead atoms. The molecule has 0 saturated carbocycles. The molecule has 34 heavy (non-hydrogen) atoms. The number of halogens is 1. The van der Waals surface area contributed by atoms with E-state index in [1.54, 1.807) is 4.90 Å². The quantitative estimate of drug-likeness (QED) is 0.279. The minimum absolute atomic E-state index is 0.145. The molecule has 0 saturated heterocycles. The lowest BCUT2D eigenvalue weighted by molar-refractivity contribution is -0.130. The molecule has 5 heteroatoms. The van der Waals surface area contributed by atoms with Crippen LogP contribution in [0, 0.1) is 0 Å². The summed E-state index contributed by atoms with van der Waals surface area (Å²) in [5, 5.41) is 2.89. The van der Waals surface area contributed by atoms with E-state index in [4.69, 9.17) is 16.6 Å². The Morgan fingerprint density at radius 3 is 2.62 bits per heavy atom. The summed E-state index contributed by atoms with van der Waals surface area (Å²) in [7, 11) is 1.87. The Morgan fingerprint density at radius 2 is 1.76 bits per heavy atom. The van der Waals surface area contributed by atoms with E-state index in [1.807, 2.05) is 73.8 Å². The molecule has 0 aliphatic carbocycles. The Labute approximate surface area is 204 Å². The van der Waals surface area contributed by atoms with Gasteiger partial charge in [0.25, 0.3) is 0 Å². The number of pyridine rings is 1. The predicted octanol–water partition coefficient (Wildman–Crippen LogP) is 7.02.